The van der Waals surface area contributed by atoms with Crippen LogP contribution in [0.5, 0.6) is 0 Å². The van der Waals surface area contributed by atoms with Crippen LogP contribution in [0, 0.1) is 0 Å². The smallest absolute Gasteiger partial charge is 0.370 e. The number of nitrogens with zero attached hydrogens (tertiary/aromatic N) is 2. The number of halogens is 3. The molecule has 0 unspecified atom stereocenters. The summed E-state index contributed by atoms with van der Waals surface area (Å²) < 4.78 is 40.4. The van der Waals surface area contributed by atoms with Crippen molar-refractivity contribution in [3.8, 4) is 0 Å². The van der Waals surface area contributed by atoms with Gasteiger partial charge in [0.05, 0.1) is 6.61 Å². The maximum atomic E-state index is 11.9. The van der Waals surface area contributed by atoms with Gasteiger partial charge in [0, 0.05) is 18.7 Å². The lowest BCUT2D eigenvalue weighted by Crippen LogP contribution is -2.20. The van der Waals surface area contributed by atoms with Crippen molar-refractivity contribution >= 4 is 11.6 Å². The number of rotatable bonds is 9. The van der Waals surface area contributed by atoms with Crippen LogP contribution < -0.4 is 10.6 Å². The molecule has 0 fully saturated rings. The standard InChI is InChI=1S/C13H21F3N4O/c1-3-5-10-11(17-4-2)19-9-20-12(10)18-6-7-21-8-13(14,15)16/h9H,3-8H2,1-2H3,(H2,17,18,19,20). The minimum atomic E-state index is -4.29. The first-order chi connectivity index (χ1) is 9.98. The first kappa shape index (κ1) is 17.5. The average molecular weight is 306 g/mol. The van der Waals surface area contributed by atoms with Gasteiger partial charge in [0.25, 0.3) is 0 Å². The molecule has 0 bridgehead atoms. The van der Waals surface area contributed by atoms with E-state index in [0.29, 0.717) is 5.82 Å². The summed E-state index contributed by atoms with van der Waals surface area (Å²) in [4.78, 5) is 8.33. The first-order valence-electron chi connectivity index (χ1n) is 6.94. The van der Waals surface area contributed by atoms with Gasteiger partial charge in [0.1, 0.15) is 24.6 Å². The Balaban J connectivity index is 2.55. The van der Waals surface area contributed by atoms with Gasteiger partial charge in [-0.1, -0.05) is 13.3 Å². The molecule has 0 aliphatic heterocycles. The van der Waals surface area contributed by atoms with Crippen molar-refractivity contribution < 1.29 is 17.9 Å². The van der Waals surface area contributed by atoms with Gasteiger partial charge in [0.2, 0.25) is 0 Å². The predicted molar refractivity (Wildman–Crippen MR) is 75.6 cm³/mol. The molecule has 21 heavy (non-hydrogen) atoms. The highest BCUT2D eigenvalue weighted by atomic mass is 19.4. The quantitative estimate of drug-likeness (QED) is 0.687. The van der Waals surface area contributed by atoms with Gasteiger partial charge in [-0.3, -0.25) is 0 Å². The van der Waals surface area contributed by atoms with Gasteiger partial charge in [-0.15, -0.1) is 0 Å². The Bertz CT molecular complexity index is 426. The minimum Gasteiger partial charge on any atom is -0.370 e. The van der Waals surface area contributed by atoms with Gasteiger partial charge >= 0.3 is 6.18 Å². The molecule has 2 N–H and O–H groups in total. The monoisotopic (exact) mass is 306 g/mol. The SMILES string of the molecule is CCCc1c(NCC)ncnc1NCCOCC(F)(F)F. The molecule has 1 aromatic heterocycles. The summed E-state index contributed by atoms with van der Waals surface area (Å²) in [5.74, 6) is 1.39. The van der Waals surface area contributed by atoms with E-state index in [1.54, 1.807) is 0 Å². The lowest BCUT2D eigenvalue weighted by Gasteiger charge is -2.14. The lowest BCUT2D eigenvalue weighted by molar-refractivity contribution is -0.172. The van der Waals surface area contributed by atoms with Gasteiger partial charge in [0.15, 0.2) is 0 Å². The first-order valence-corrected chi connectivity index (χ1v) is 6.94. The number of nitrogens with one attached hydrogen (secondary N) is 2. The zero-order valence-electron chi connectivity index (χ0n) is 12.3. The van der Waals surface area contributed by atoms with Crippen molar-refractivity contribution in [1.82, 2.24) is 9.97 Å². The van der Waals surface area contributed by atoms with Gasteiger partial charge in [-0.25, -0.2) is 9.97 Å². The van der Waals surface area contributed by atoms with E-state index in [0.717, 1.165) is 30.8 Å². The molecule has 0 radical (unpaired) electrons. The third-order valence-electron chi connectivity index (χ3n) is 2.59. The van der Waals surface area contributed by atoms with Crippen molar-refractivity contribution in [3.05, 3.63) is 11.9 Å². The van der Waals surface area contributed by atoms with Crippen LogP contribution in [0.25, 0.3) is 0 Å². The molecular formula is C13H21F3N4O. The number of anilines is 2. The van der Waals surface area contributed by atoms with E-state index in [2.05, 4.69) is 25.3 Å². The van der Waals surface area contributed by atoms with Crippen LogP contribution in [-0.2, 0) is 11.2 Å². The van der Waals surface area contributed by atoms with Crippen LogP contribution >= 0.6 is 0 Å². The molecule has 0 aliphatic carbocycles. The maximum Gasteiger partial charge on any atom is 0.411 e. The van der Waals surface area contributed by atoms with Crippen LogP contribution in [0.4, 0.5) is 24.8 Å². The molecule has 0 saturated carbocycles. The summed E-state index contributed by atoms with van der Waals surface area (Å²) in [6, 6.07) is 0. The molecule has 8 heteroatoms. The number of alkyl halides is 3. The average Bonchev–Trinajstić information content (AvgIpc) is 2.40. The molecule has 0 amide bonds. The highest BCUT2D eigenvalue weighted by Gasteiger charge is 2.27. The summed E-state index contributed by atoms with van der Waals surface area (Å²) >= 11 is 0. The summed E-state index contributed by atoms with van der Waals surface area (Å²) in [6.07, 6.45) is -1.16. The Morgan fingerprint density at radius 1 is 1.14 bits per heavy atom. The van der Waals surface area contributed by atoms with Crippen molar-refractivity contribution in [1.29, 1.82) is 0 Å². The van der Waals surface area contributed by atoms with E-state index < -0.39 is 12.8 Å². The summed E-state index contributed by atoms with van der Waals surface area (Å²) in [5, 5.41) is 6.15. The second-order valence-corrected chi connectivity index (χ2v) is 4.42. The highest BCUT2D eigenvalue weighted by Crippen LogP contribution is 2.21. The summed E-state index contributed by atoms with van der Waals surface area (Å²) in [5.41, 5.74) is 0.942. The van der Waals surface area contributed by atoms with E-state index in [1.807, 2.05) is 13.8 Å². The number of hydrogen-bond donors (Lipinski definition) is 2. The Kier molecular flexibility index (Phi) is 7.21. The molecule has 0 spiro atoms. The number of ether oxygens (including phenoxy) is 1. The van der Waals surface area contributed by atoms with E-state index in [1.165, 1.54) is 6.33 Å². The number of aromatic nitrogens is 2. The van der Waals surface area contributed by atoms with Gasteiger partial charge in [-0.2, -0.15) is 13.2 Å². The van der Waals surface area contributed by atoms with Crippen LogP contribution in [0.15, 0.2) is 6.33 Å². The largest absolute Gasteiger partial charge is 0.411 e. The molecule has 0 aromatic carbocycles. The lowest BCUT2D eigenvalue weighted by atomic mass is 10.1. The maximum absolute atomic E-state index is 11.9. The third kappa shape index (κ3) is 6.61. The molecule has 0 saturated heterocycles. The molecule has 1 rings (SSSR count). The van der Waals surface area contributed by atoms with Crippen molar-refractivity contribution in [2.24, 2.45) is 0 Å². The summed E-state index contributed by atoms with van der Waals surface area (Å²) in [6.45, 7) is 3.74. The Morgan fingerprint density at radius 3 is 2.38 bits per heavy atom. The molecule has 0 atom stereocenters. The van der Waals surface area contributed by atoms with E-state index in [-0.39, 0.29) is 13.2 Å². The predicted octanol–water partition coefficient (Wildman–Crippen LogP) is 2.85. The van der Waals surface area contributed by atoms with E-state index in [4.69, 9.17) is 0 Å². The Morgan fingerprint density at radius 2 is 1.81 bits per heavy atom. The molecule has 1 heterocycles. The fourth-order valence-electron chi connectivity index (χ4n) is 1.80. The third-order valence-corrected chi connectivity index (χ3v) is 2.59. The normalized spacial score (nSPS) is 11.5. The second-order valence-electron chi connectivity index (χ2n) is 4.42. The molecule has 0 aliphatic rings. The fraction of sp³-hybridized carbons (Fsp3) is 0.692. The van der Waals surface area contributed by atoms with Crippen molar-refractivity contribution in [2.45, 2.75) is 32.9 Å². The van der Waals surface area contributed by atoms with Crippen LogP contribution in [0.2, 0.25) is 0 Å². The molecule has 120 valence electrons. The summed E-state index contributed by atoms with van der Waals surface area (Å²) in [7, 11) is 0. The van der Waals surface area contributed by atoms with E-state index in [9.17, 15) is 13.2 Å². The molecular weight excluding hydrogens is 285 g/mol. The Labute approximate surface area is 122 Å². The zero-order chi connectivity index (χ0) is 15.7. The van der Waals surface area contributed by atoms with Crippen LogP contribution in [0.1, 0.15) is 25.8 Å². The Hall–Kier alpha value is -1.57. The van der Waals surface area contributed by atoms with Gasteiger partial charge < -0.3 is 15.4 Å². The topological polar surface area (TPSA) is 59.1 Å². The van der Waals surface area contributed by atoms with Gasteiger partial charge in [-0.05, 0) is 13.3 Å². The minimum absolute atomic E-state index is 0.0361. The van der Waals surface area contributed by atoms with Crippen LogP contribution in [-0.4, -0.2) is 42.4 Å². The van der Waals surface area contributed by atoms with Crippen LogP contribution in [0.3, 0.4) is 0 Å². The molecule has 1 aromatic rings. The zero-order valence-corrected chi connectivity index (χ0v) is 12.3. The molecule has 5 nitrogen and oxygen atoms in total. The second kappa shape index (κ2) is 8.66. The van der Waals surface area contributed by atoms with E-state index >= 15 is 0 Å². The van der Waals surface area contributed by atoms with Crippen molar-refractivity contribution in [3.63, 3.8) is 0 Å². The highest BCUT2D eigenvalue weighted by molar-refractivity contribution is 5.57. The fourth-order valence-corrected chi connectivity index (χ4v) is 1.80. The number of hydrogen-bond acceptors (Lipinski definition) is 5. The van der Waals surface area contributed by atoms with Crippen molar-refractivity contribution in [2.75, 3.05) is 36.9 Å².